The fourth-order valence-corrected chi connectivity index (χ4v) is 2.47. The summed E-state index contributed by atoms with van der Waals surface area (Å²) in [6.45, 7) is 0. The second kappa shape index (κ2) is 3.45. The Hall–Kier alpha value is -1.59. The predicted octanol–water partition coefficient (Wildman–Crippen LogP) is 0.742. The van der Waals surface area contributed by atoms with E-state index in [0.717, 1.165) is 30.3 Å². The van der Waals surface area contributed by atoms with Crippen molar-refractivity contribution >= 4 is 0 Å². The van der Waals surface area contributed by atoms with Crippen molar-refractivity contribution < 1.29 is 9.50 Å². The second-order valence-electron chi connectivity index (χ2n) is 4.93. The topological polar surface area (TPSA) is 75.1 Å². The molecule has 92 valence electrons. The Kier molecular flexibility index (Phi) is 2.14. The predicted molar refractivity (Wildman–Crippen MR) is 57.4 cm³/mol. The summed E-state index contributed by atoms with van der Waals surface area (Å²) in [4.78, 5) is 24.6. The van der Waals surface area contributed by atoms with Crippen LogP contribution in [0.3, 0.4) is 0 Å². The van der Waals surface area contributed by atoms with Gasteiger partial charge in [0, 0.05) is 6.04 Å². The lowest BCUT2D eigenvalue weighted by Gasteiger charge is -2.19. The summed E-state index contributed by atoms with van der Waals surface area (Å²) in [6, 6.07) is -0.158. The Morgan fingerprint density at radius 2 is 1.76 bits per heavy atom. The smallest absolute Gasteiger partial charge is 0.331 e. The Morgan fingerprint density at radius 3 is 2.24 bits per heavy atom. The van der Waals surface area contributed by atoms with Crippen LogP contribution in [0.1, 0.15) is 31.7 Å². The summed E-state index contributed by atoms with van der Waals surface area (Å²) in [5.41, 5.74) is -1.87. The monoisotopic (exact) mass is 240 g/mol. The van der Waals surface area contributed by atoms with Crippen LogP contribution in [0.15, 0.2) is 9.59 Å². The maximum atomic E-state index is 13.3. The first-order chi connectivity index (χ1) is 8.09. The first kappa shape index (κ1) is 10.6. The van der Waals surface area contributed by atoms with Crippen LogP contribution in [0.2, 0.25) is 0 Å². The highest BCUT2D eigenvalue weighted by molar-refractivity contribution is 5.13. The molecule has 2 saturated carbocycles. The molecule has 0 aromatic carbocycles. The maximum Gasteiger partial charge on any atom is 0.331 e. The molecule has 2 aliphatic rings. The lowest BCUT2D eigenvalue weighted by Crippen LogP contribution is -2.35. The van der Waals surface area contributed by atoms with Crippen LogP contribution in [0.5, 0.6) is 5.88 Å². The standard InChI is InChI=1S/C11H13FN2O3/c12-7-9(15)13-11(17)14(10(7)16)8(5-1-2-5)6-3-4-6/h5-6,8,16H,1-4H2,(H,13,15,17). The Bertz CT molecular complexity index is 557. The number of hydrogen-bond acceptors (Lipinski definition) is 3. The molecule has 0 unspecified atom stereocenters. The normalized spacial score (nSPS) is 19.9. The fraction of sp³-hybridized carbons (Fsp3) is 0.636. The first-order valence-corrected chi connectivity index (χ1v) is 5.83. The molecule has 0 amide bonds. The first-order valence-electron chi connectivity index (χ1n) is 5.83. The molecule has 3 rings (SSSR count). The molecule has 0 saturated heterocycles. The van der Waals surface area contributed by atoms with Crippen molar-refractivity contribution in [2.45, 2.75) is 31.7 Å². The highest BCUT2D eigenvalue weighted by Crippen LogP contribution is 2.52. The van der Waals surface area contributed by atoms with Gasteiger partial charge in [-0.2, -0.15) is 4.39 Å². The van der Waals surface area contributed by atoms with Gasteiger partial charge in [0.25, 0.3) is 5.56 Å². The average Bonchev–Trinajstić information content (AvgIpc) is 3.14. The number of aromatic hydroxyl groups is 1. The summed E-state index contributed by atoms with van der Waals surface area (Å²) >= 11 is 0. The molecule has 0 bridgehead atoms. The zero-order valence-electron chi connectivity index (χ0n) is 9.15. The van der Waals surface area contributed by atoms with Crippen LogP contribution in [0.25, 0.3) is 0 Å². The number of halogens is 1. The Labute approximate surface area is 95.9 Å². The lowest BCUT2D eigenvalue weighted by molar-refractivity contribution is 0.294. The van der Waals surface area contributed by atoms with Crippen LogP contribution >= 0.6 is 0 Å². The molecule has 0 aliphatic heterocycles. The molecule has 0 radical (unpaired) electrons. The molecule has 2 aliphatic carbocycles. The van der Waals surface area contributed by atoms with E-state index in [9.17, 15) is 19.1 Å². The average molecular weight is 240 g/mol. The number of aromatic nitrogens is 2. The van der Waals surface area contributed by atoms with Crippen molar-refractivity contribution in [1.82, 2.24) is 9.55 Å². The number of rotatable bonds is 3. The van der Waals surface area contributed by atoms with Gasteiger partial charge in [-0.25, -0.2) is 4.79 Å². The largest absolute Gasteiger partial charge is 0.492 e. The number of aromatic amines is 1. The van der Waals surface area contributed by atoms with Gasteiger partial charge in [0.15, 0.2) is 0 Å². The summed E-state index contributed by atoms with van der Waals surface area (Å²) in [6.07, 6.45) is 3.98. The molecule has 5 nitrogen and oxygen atoms in total. The number of H-pyrrole nitrogens is 1. The third-order valence-electron chi connectivity index (χ3n) is 3.57. The summed E-state index contributed by atoms with van der Waals surface area (Å²) < 4.78 is 14.4. The van der Waals surface area contributed by atoms with Crippen LogP contribution in [0.4, 0.5) is 4.39 Å². The molecule has 1 aromatic rings. The SMILES string of the molecule is O=c1[nH]c(=O)n(C(C2CC2)C2CC2)c(O)c1F. The van der Waals surface area contributed by atoms with Crippen LogP contribution in [-0.4, -0.2) is 14.7 Å². The minimum atomic E-state index is -1.27. The highest BCUT2D eigenvalue weighted by Gasteiger charge is 2.44. The van der Waals surface area contributed by atoms with Gasteiger partial charge >= 0.3 is 5.69 Å². The molecule has 6 heteroatoms. The van der Waals surface area contributed by atoms with E-state index in [1.165, 1.54) is 0 Å². The van der Waals surface area contributed by atoms with Gasteiger partial charge in [-0.3, -0.25) is 14.3 Å². The van der Waals surface area contributed by atoms with E-state index in [-0.39, 0.29) is 6.04 Å². The molecule has 2 fully saturated rings. The Balaban J connectivity index is 2.15. The minimum Gasteiger partial charge on any atom is -0.492 e. The zero-order chi connectivity index (χ0) is 12.2. The Morgan fingerprint density at radius 1 is 1.24 bits per heavy atom. The van der Waals surface area contributed by atoms with E-state index in [4.69, 9.17) is 0 Å². The van der Waals surface area contributed by atoms with Crippen molar-refractivity contribution in [1.29, 1.82) is 0 Å². The molecule has 17 heavy (non-hydrogen) atoms. The third kappa shape index (κ3) is 1.67. The third-order valence-corrected chi connectivity index (χ3v) is 3.57. The molecule has 0 spiro atoms. The molecular formula is C11H13FN2O3. The number of nitrogens with zero attached hydrogens (tertiary/aromatic N) is 1. The van der Waals surface area contributed by atoms with Crippen LogP contribution < -0.4 is 11.2 Å². The van der Waals surface area contributed by atoms with Gasteiger partial charge in [0.05, 0.1) is 0 Å². The van der Waals surface area contributed by atoms with Gasteiger partial charge in [-0.05, 0) is 37.5 Å². The lowest BCUT2D eigenvalue weighted by atomic mass is 10.1. The number of hydrogen-bond donors (Lipinski definition) is 2. The molecule has 0 atom stereocenters. The van der Waals surface area contributed by atoms with Crippen molar-refractivity contribution in [3.8, 4) is 5.88 Å². The fourth-order valence-electron chi connectivity index (χ4n) is 2.47. The zero-order valence-corrected chi connectivity index (χ0v) is 9.15. The van der Waals surface area contributed by atoms with E-state index >= 15 is 0 Å². The second-order valence-corrected chi connectivity index (χ2v) is 4.93. The number of nitrogens with one attached hydrogen (secondary N) is 1. The van der Waals surface area contributed by atoms with Crippen LogP contribution in [0, 0.1) is 17.7 Å². The highest BCUT2D eigenvalue weighted by atomic mass is 19.1. The quantitative estimate of drug-likeness (QED) is 0.818. The van der Waals surface area contributed by atoms with Gasteiger partial charge in [0.2, 0.25) is 11.7 Å². The van der Waals surface area contributed by atoms with Gasteiger partial charge in [-0.1, -0.05) is 0 Å². The van der Waals surface area contributed by atoms with E-state index in [1.807, 2.05) is 4.98 Å². The molecule has 1 heterocycles. The van der Waals surface area contributed by atoms with Crippen LogP contribution in [-0.2, 0) is 0 Å². The van der Waals surface area contributed by atoms with Gasteiger partial charge in [0.1, 0.15) is 0 Å². The maximum absolute atomic E-state index is 13.3. The molecule has 2 N–H and O–H groups in total. The molecular weight excluding hydrogens is 227 g/mol. The minimum absolute atomic E-state index is 0.158. The van der Waals surface area contributed by atoms with Crippen molar-refractivity contribution in [2.75, 3.05) is 0 Å². The summed E-state index contributed by atoms with van der Waals surface area (Å²) in [5, 5.41) is 9.65. The van der Waals surface area contributed by atoms with Crippen molar-refractivity contribution in [3.63, 3.8) is 0 Å². The van der Waals surface area contributed by atoms with E-state index in [2.05, 4.69) is 0 Å². The van der Waals surface area contributed by atoms with E-state index in [1.54, 1.807) is 0 Å². The van der Waals surface area contributed by atoms with Crippen molar-refractivity contribution in [2.24, 2.45) is 11.8 Å². The van der Waals surface area contributed by atoms with Gasteiger partial charge in [-0.15, -0.1) is 0 Å². The summed E-state index contributed by atoms with van der Waals surface area (Å²) in [7, 11) is 0. The van der Waals surface area contributed by atoms with Gasteiger partial charge < -0.3 is 5.11 Å². The van der Waals surface area contributed by atoms with Crippen molar-refractivity contribution in [3.05, 3.63) is 26.7 Å². The summed E-state index contributed by atoms with van der Waals surface area (Å²) in [5.74, 6) is -1.42. The van der Waals surface area contributed by atoms with E-state index in [0.29, 0.717) is 11.8 Å². The van der Waals surface area contributed by atoms with E-state index < -0.39 is 22.9 Å². The molecule has 1 aromatic heterocycles.